The SMILES string of the molecule is O=C(CN1CCC(Cc2ccccc2)CC1)Nc1ccc([N+](=O)[O-])cc1Br. The zero-order valence-electron chi connectivity index (χ0n) is 14.9. The summed E-state index contributed by atoms with van der Waals surface area (Å²) in [6, 6.07) is 14.8. The number of carbonyl (C=O) groups is 1. The van der Waals surface area contributed by atoms with Gasteiger partial charge in [0.25, 0.3) is 5.69 Å². The number of likely N-dealkylation sites (tertiary alicyclic amines) is 1. The number of halogens is 1. The number of hydrogen-bond acceptors (Lipinski definition) is 4. The average Bonchev–Trinajstić information content (AvgIpc) is 2.65. The minimum Gasteiger partial charge on any atom is -0.324 e. The molecule has 0 bridgehead atoms. The van der Waals surface area contributed by atoms with E-state index in [2.05, 4.69) is 50.4 Å². The lowest BCUT2D eigenvalue weighted by atomic mass is 9.90. The zero-order chi connectivity index (χ0) is 19.2. The first kappa shape index (κ1) is 19.5. The second kappa shape index (κ2) is 9.10. The summed E-state index contributed by atoms with van der Waals surface area (Å²) in [4.78, 5) is 24.8. The molecule has 0 unspecified atom stereocenters. The van der Waals surface area contributed by atoms with Gasteiger partial charge in [0.2, 0.25) is 5.91 Å². The fourth-order valence-electron chi connectivity index (χ4n) is 3.41. The fraction of sp³-hybridized carbons (Fsp3) is 0.350. The lowest BCUT2D eigenvalue weighted by Gasteiger charge is -2.31. The van der Waals surface area contributed by atoms with E-state index in [1.165, 1.54) is 17.7 Å². The highest BCUT2D eigenvalue weighted by atomic mass is 79.9. The first-order valence-corrected chi connectivity index (χ1v) is 9.80. The Labute approximate surface area is 166 Å². The molecule has 1 saturated heterocycles. The van der Waals surface area contributed by atoms with Crippen LogP contribution in [0.1, 0.15) is 18.4 Å². The van der Waals surface area contributed by atoms with E-state index in [-0.39, 0.29) is 11.6 Å². The van der Waals surface area contributed by atoms with Crippen molar-refractivity contribution in [3.8, 4) is 0 Å². The van der Waals surface area contributed by atoms with Crippen molar-refractivity contribution in [1.29, 1.82) is 0 Å². The molecule has 3 rings (SSSR count). The predicted octanol–water partition coefficient (Wildman–Crippen LogP) is 4.25. The molecule has 1 fully saturated rings. The third-order valence-corrected chi connectivity index (χ3v) is 5.54. The van der Waals surface area contributed by atoms with Crippen LogP contribution in [0.25, 0.3) is 0 Å². The van der Waals surface area contributed by atoms with Gasteiger partial charge in [0, 0.05) is 16.6 Å². The van der Waals surface area contributed by atoms with Crippen molar-refractivity contribution in [3.05, 3.63) is 68.7 Å². The molecule has 0 radical (unpaired) electrons. The van der Waals surface area contributed by atoms with E-state index >= 15 is 0 Å². The lowest BCUT2D eigenvalue weighted by molar-refractivity contribution is -0.384. The van der Waals surface area contributed by atoms with E-state index in [0.717, 1.165) is 32.4 Å². The van der Waals surface area contributed by atoms with Crippen molar-refractivity contribution in [2.45, 2.75) is 19.3 Å². The number of nitrogens with zero attached hydrogens (tertiary/aromatic N) is 2. The molecule has 0 spiro atoms. The number of anilines is 1. The van der Waals surface area contributed by atoms with Crippen molar-refractivity contribution in [1.82, 2.24) is 4.90 Å². The monoisotopic (exact) mass is 431 g/mol. The Kier molecular flexibility index (Phi) is 6.58. The highest BCUT2D eigenvalue weighted by Crippen LogP contribution is 2.27. The second-order valence-corrected chi connectivity index (χ2v) is 7.73. The molecular formula is C20H22BrN3O3. The van der Waals surface area contributed by atoms with Gasteiger partial charge in [0.15, 0.2) is 0 Å². The minimum absolute atomic E-state index is 0.0136. The first-order chi connectivity index (χ1) is 13.0. The minimum atomic E-state index is -0.462. The molecule has 0 aliphatic carbocycles. The average molecular weight is 432 g/mol. The number of nitrogens with one attached hydrogen (secondary N) is 1. The summed E-state index contributed by atoms with van der Waals surface area (Å²) in [6.07, 6.45) is 3.27. The molecule has 27 heavy (non-hydrogen) atoms. The summed E-state index contributed by atoms with van der Waals surface area (Å²) in [6.45, 7) is 2.15. The Hall–Kier alpha value is -2.25. The van der Waals surface area contributed by atoms with Crippen LogP contribution in [-0.4, -0.2) is 35.4 Å². The molecule has 1 amide bonds. The predicted molar refractivity (Wildman–Crippen MR) is 109 cm³/mol. The normalized spacial score (nSPS) is 15.4. The van der Waals surface area contributed by atoms with Crippen LogP contribution in [0.2, 0.25) is 0 Å². The maximum atomic E-state index is 12.3. The van der Waals surface area contributed by atoms with E-state index in [0.29, 0.717) is 22.6 Å². The Bertz CT molecular complexity index is 805. The smallest absolute Gasteiger partial charge is 0.270 e. The van der Waals surface area contributed by atoms with Gasteiger partial charge in [0.05, 0.1) is 17.2 Å². The summed E-state index contributed by atoms with van der Waals surface area (Å²) >= 11 is 3.28. The Morgan fingerprint density at radius 3 is 2.52 bits per heavy atom. The lowest BCUT2D eigenvalue weighted by Crippen LogP contribution is -2.39. The van der Waals surface area contributed by atoms with Crippen LogP contribution in [-0.2, 0) is 11.2 Å². The summed E-state index contributed by atoms with van der Waals surface area (Å²) in [7, 11) is 0. The molecule has 142 valence electrons. The number of piperidine rings is 1. The quantitative estimate of drug-likeness (QED) is 0.547. The topological polar surface area (TPSA) is 75.5 Å². The summed E-state index contributed by atoms with van der Waals surface area (Å²) < 4.78 is 0.506. The van der Waals surface area contributed by atoms with E-state index in [4.69, 9.17) is 0 Å². The summed E-state index contributed by atoms with van der Waals surface area (Å²) in [5.74, 6) is 0.557. The Balaban J connectivity index is 1.46. The number of non-ortho nitro benzene ring substituents is 1. The van der Waals surface area contributed by atoms with Crippen LogP contribution < -0.4 is 5.32 Å². The molecule has 1 heterocycles. The van der Waals surface area contributed by atoms with Crippen molar-refractivity contribution in [2.24, 2.45) is 5.92 Å². The summed E-state index contributed by atoms with van der Waals surface area (Å²) in [5.41, 5.74) is 1.90. The zero-order valence-corrected chi connectivity index (χ0v) is 16.5. The van der Waals surface area contributed by atoms with Gasteiger partial charge < -0.3 is 5.32 Å². The number of rotatable bonds is 6. The van der Waals surface area contributed by atoms with E-state index < -0.39 is 4.92 Å². The number of benzene rings is 2. The van der Waals surface area contributed by atoms with Gasteiger partial charge in [-0.2, -0.15) is 0 Å². The van der Waals surface area contributed by atoms with Crippen molar-refractivity contribution < 1.29 is 9.72 Å². The van der Waals surface area contributed by atoms with Crippen LogP contribution >= 0.6 is 15.9 Å². The van der Waals surface area contributed by atoms with E-state index in [9.17, 15) is 14.9 Å². The molecule has 0 saturated carbocycles. The molecule has 7 heteroatoms. The molecular weight excluding hydrogens is 410 g/mol. The largest absolute Gasteiger partial charge is 0.324 e. The number of nitro benzene ring substituents is 1. The third-order valence-electron chi connectivity index (χ3n) is 4.88. The number of hydrogen-bond donors (Lipinski definition) is 1. The molecule has 2 aromatic rings. The van der Waals surface area contributed by atoms with Crippen LogP contribution in [0.15, 0.2) is 53.0 Å². The van der Waals surface area contributed by atoms with Gasteiger partial charge in [-0.15, -0.1) is 0 Å². The van der Waals surface area contributed by atoms with Gasteiger partial charge in [0.1, 0.15) is 0 Å². The van der Waals surface area contributed by atoms with E-state index in [1.807, 2.05) is 6.07 Å². The van der Waals surface area contributed by atoms with Crippen LogP contribution in [0, 0.1) is 16.0 Å². The maximum Gasteiger partial charge on any atom is 0.270 e. The first-order valence-electron chi connectivity index (χ1n) is 9.01. The number of amides is 1. The highest BCUT2D eigenvalue weighted by Gasteiger charge is 2.21. The number of carbonyl (C=O) groups excluding carboxylic acids is 1. The van der Waals surface area contributed by atoms with Crippen molar-refractivity contribution in [2.75, 3.05) is 25.0 Å². The molecule has 1 aliphatic rings. The van der Waals surface area contributed by atoms with Gasteiger partial charge in [-0.3, -0.25) is 19.8 Å². The standard InChI is InChI=1S/C20H22BrN3O3/c21-18-13-17(24(26)27)6-7-19(18)22-20(25)14-23-10-8-16(9-11-23)12-15-4-2-1-3-5-15/h1-7,13,16H,8-12,14H2,(H,22,25). The number of nitro groups is 1. The highest BCUT2D eigenvalue weighted by molar-refractivity contribution is 9.10. The van der Waals surface area contributed by atoms with Gasteiger partial charge in [-0.05, 0) is 65.8 Å². The molecule has 0 atom stereocenters. The van der Waals surface area contributed by atoms with Crippen LogP contribution in [0.3, 0.4) is 0 Å². The second-order valence-electron chi connectivity index (χ2n) is 6.88. The van der Waals surface area contributed by atoms with Gasteiger partial charge in [-0.1, -0.05) is 30.3 Å². The van der Waals surface area contributed by atoms with Crippen LogP contribution in [0.4, 0.5) is 11.4 Å². The molecule has 2 aromatic carbocycles. The molecule has 1 N–H and O–H groups in total. The van der Waals surface area contributed by atoms with Gasteiger partial charge >= 0.3 is 0 Å². The van der Waals surface area contributed by atoms with Crippen molar-refractivity contribution >= 4 is 33.2 Å². The molecule has 6 nitrogen and oxygen atoms in total. The third kappa shape index (κ3) is 5.61. The molecule has 0 aromatic heterocycles. The Morgan fingerprint density at radius 1 is 1.19 bits per heavy atom. The Morgan fingerprint density at radius 2 is 1.89 bits per heavy atom. The fourth-order valence-corrected chi connectivity index (χ4v) is 3.87. The maximum absolute atomic E-state index is 12.3. The van der Waals surface area contributed by atoms with Crippen molar-refractivity contribution in [3.63, 3.8) is 0 Å². The summed E-state index contributed by atoms with van der Waals surface area (Å²) in [5, 5.41) is 13.6. The van der Waals surface area contributed by atoms with E-state index in [1.54, 1.807) is 6.07 Å². The van der Waals surface area contributed by atoms with Crippen LogP contribution in [0.5, 0.6) is 0 Å². The molecule has 1 aliphatic heterocycles. The van der Waals surface area contributed by atoms with Gasteiger partial charge in [-0.25, -0.2) is 0 Å².